The molecule has 0 radical (unpaired) electrons. The minimum atomic E-state index is 0.895. The third-order valence-corrected chi connectivity index (χ3v) is 7.71. The maximum Gasteiger partial charge on any atom is 0.138 e. The topological polar surface area (TPSA) is 30.7 Å². The first-order chi connectivity index (χ1) is 19.3. The molecule has 0 bridgehead atoms. The maximum absolute atomic E-state index is 5.05. The lowest BCUT2D eigenvalue weighted by Gasteiger charge is -2.12. The van der Waals surface area contributed by atoms with Crippen LogP contribution in [0.15, 0.2) is 140 Å². The Hall–Kier alpha value is -5.28. The van der Waals surface area contributed by atoms with Crippen molar-refractivity contribution in [3.63, 3.8) is 0 Å². The molecule has 3 aromatic heterocycles. The molecular weight excluding hydrogens is 474 g/mol. The van der Waals surface area contributed by atoms with Gasteiger partial charge in [0.1, 0.15) is 5.82 Å². The fourth-order valence-electron chi connectivity index (χ4n) is 5.85. The maximum atomic E-state index is 5.05. The highest BCUT2D eigenvalue weighted by molar-refractivity contribution is 6.12. The van der Waals surface area contributed by atoms with Crippen LogP contribution >= 0.6 is 0 Å². The first-order valence-electron chi connectivity index (χ1n) is 13.2. The van der Waals surface area contributed by atoms with E-state index in [1.165, 1.54) is 38.1 Å². The molecular formula is C36H23N3. The van der Waals surface area contributed by atoms with Gasteiger partial charge in [0.25, 0.3) is 0 Å². The number of rotatable bonds is 3. The van der Waals surface area contributed by atoms with Crippen LogP contribution in [0.25, 0.3) is 71.4 Å². The first-order valence-corrected chi connectivity index (χ1v) is 13.2. The summed E-state index contributed by atoms with van der Waals surface area (Å²) in [5, 5.41) is 7.41. The van der Waals surface area contributed by atoms with Gasteiger partial charge in [-0.05, 0) is 74.6 Å². The van der Waals surface area contributed by atoms with Crippen LogP contribution in [-0.2, 0) is 0 Å². The molecule has 0 aliphatic carbocycles. The molecule has 182 valence electrons. The molecule has 3 heterocycles. The van der Waals surface area contributed by atoms with Crippen molar-refractivity contribution in [1.82, 2.24) is 14.5 Å². The van der Waals surface area contributed by atoms with Gasteiger partial charge in [-0.3, -0.25) is 4.98 Å². The molecule has 0 N–H and O–H groups in total. The Labute approximate surface area is 225 Å². The Bertz CT molecular complexity index is 2170. The SMILES string of the molecule is c1cncc(-c2cc(-n3ccc4cc(-c5cccc6c5ccc5ccccc56)ccc43)nc3ccccc23)c1. The number of para-hydroxylation sites is 1. The number of fused-ring (bicyclic) bond motifs is 5. The number of aromatic nitrogens is 3. The smallest absolute Gasteiger partial charge is 0.138 e. The minimum absolute atomic E-state index is 0.895. The molecule has 3 nitrogen and oxygen atoms in total. The third-order valence-electron chi connectivity index (χ3n) is 7.71. The molecule has 3 heteroatoms. The quantitative estimate of drug-likeness (QED) is 0.228. The summed E-state index contributed by atoms with van der Waals surface area (Å²) in [7, 11) is 0. The monoisotopic (exact) mass is 497 g/mol. The lowest BCUT2D eigenvalue weighted by Crippen LogP contribution is -1.98. The fourth-order valence-corrected chi connectivity index (χ4v) is 5.85. The second-order valence-electron chi connectivity index (χ2n) is 9.93. The molecule has 0 unspecified atom stereocenters. The van der Waals surface area contributed by atoms with Crippen LogP contribution < -0.4 is 0 Å². The summed E-state index contributed by atoms with van der Waals surface area (Å²) < 4.78 is 2.18. The molecule has 0 spiro atoms. The lowest BCUT2D eigenvalue weighted by molar-refractivity contribution is 1.06. The van der Waals surface area contributed by atoms with Crippen molar-refractivity contribution >= 4 is 43.4 Å². The van der Waals surface area contributed by atoms with E-state index < -0.39 is 0 Å². The molecule has 0 amide bonds. The normalized spacial score (nSPS) is 11.6. The fraction of sp³-hybridized carbons (Fsp3) is 0. The van der Waals surface area contributed by atoms with E-state index in [-0.39, 0.29) is 0 Å². The molecule has 0 fully saturated rings. The van der Waals surface area contributed by atoms with E-state index in [4.69, 9.17) is 4.98 Å². The number of hydrogen-bond acceptors (Lipinski definition) is 2. The highest BCUT2D eigenvalue weighted by atomic mass is 15.1. The van der Waals surface area contributed by atoms with E-state index in [9.17, 15) is 0 Å². The van der Waals surface area contributed by atoms with Crippen molar-refractivity contribution in [2.45, 2.75) is 0 Å². The molecule has 5 aromatic carbocycles. The van der Waals surface area contributed by atoms with Crippen molar-refractivity contribution < 1.29 is 0 Å². The van der Waals surface area contributed by atoms with Gasteiger partial charge in [0.15, 0.2) is 0 Å². The summed E-state index contributed by atoms with van der Waals surface area (Å²) in [5.74, 6) is 0.895. The molecule has 0 aliphatic rings. The number of benzene rings is 5. The van der Waals surface area contributed by atoms with Crippen molar-refractivity contribution in [2.75, 3.05) is 0 Å². The molecule has 8 rings (SSSR count). The Kier molecular flexibility index (Phi) is 4.82. The van der Waals surface area contributed by atoms with E-state index in [1.54, 1.807) is 0 Å². The average molecular weight is 498 g/mol. The summed E-state index contributed by atoms with van der Waals surface area (Å²) in [6.07, 6.45) is 5.84. The highest BCUT2D eigenvalue weighted by Crippen LogP contribution is 2.36. The van der Waals surface area contributed by atoms with Crippen LogP contribution in [0.5, 0.6) is 0 Å². The molecule has 8 aromatic rings. The van der Waals surface area contributed by atoms with E-state index in [1.807, 2.05) is 24.5 Å². The molecule has 0 atom stereocenters. The third kappa shape index (κ3) is 3.52. The molecule has 0 saturated carbocycles. The van der Waals surface area contributed by atoms with Gasteiger partial charge in [-0.15, -0.1) is 0 Å². The van der Waals surface area contributed by atoms with Gasteiger partial charge < -0.3 is 4.57 Å². The van der Waals surface area contributed by atoms with Crippen molar-refractivity contribution in [3.05, 3.63) is 140 Å². The van der Waals surface area contributed by atoms with Crippen LogP contribution in [0.3, 0.4) is 0 Å². The summed E-state index contributed by atoms with van der Waals surface area (Å²) in [6.45, 7) is 0. The first kappa shape index (κ1) is 21.8. The molecule has 0 saturated heterocycles. The summed E-state index contributed by atoms with van der Waals surface area (Å²) >= 11 is 0. The Morgan fingerprint density at radius 2 is 1.38 bits per heavy atom. The number of pyridine rings is 2. The summed E-state index contributed by atoms with van der Waals surface area (Å²) in [6, 6.07) is 43.2. The van der Waals surface area contributed by atoms with E-state index in [0.29, 0.717) is 0 Å². The van der Waals surface area contributed by atoms with Crippen LogP contribution in [0.2, 0.25) is 0 Å². The summed E-state index contributed by atoms with van der Waals surface area (Å²) in [5.41, 5.74) is 6.77. The highest BCUT2D eigenvalue weighted by Gasteiger charge is 2.13. The average Bonchev–Trinajstić information content (AvgIpc) is 3.44. The predicted molar refractivity (Wildman–Crippen MR) is 162 cm³/mol. The van der Waals surface area contributed by atoms with Gasteiger partial charge in [-0.25, -0.2) is 4.98 Å². The van der Waals surface area contributed by atoms with Crippen LogP contribution in [0, 0.1) is 0 Å². The van der Waals surface area contributed by atoms with Gasteiger partial charge in [-0.1, -0.05) is 84.9 Å². The van der Waals surface area contributed by atoms with Gasteiger partial charge in [0.2, 0.25) is 0 Å². The van der Waals surface area contributed by atoms with E-state index in [2.05, 4.69) is 125 Å². The zero-order valence-corrected chi connectivity index (χ0v) is 21.1. The lowest BCUT2D eigenvalue weighted by atomic mass is 9.94. The number of hydrogen-bond donors (Lipinski definition) is 0. The zero-order valence-electron chi connectivity index (χ0n) is 21.1. The Balaban J connectivity index is 1.29. The predicted octanol–water partition coefficient (Wildman–Crippen LogP) is 9.21. The van der Waals surface area contributed by atoms with Crippen LogP contribution in [-0.4, -0.2) is 14.5 Å². The van der Waals surface area contributed by atoms with Gasteiger partial charge in [-0.2, -0.15) is 0 Å². The second kappa shape index (κ2) is 8.64. The Morgan fingerprint density at radius 1 is 0.513 bits per heavy atom. The van der Waals surface area contributed by atoms with Gasteiger partial charge >= 0.3 is 0 Å². The minimum Gasteiger partial charge on any atom is -0.301 e. The largest absolute Gasteiger partial charge is 0.301 e. The van der Waals surface area contributed by atoms with Gasteiger partial charge in [0.05, 0.1) is 11.0 Å². The van der Waals surface area contributed by atoms with Crippen molar-refractivity contribution in [3.8, 4) is 28.1 Å². The van der Waals surface area contributed by atoms with E-state index >= 15 is 0 Å². The second-order valence-corrected chi connectivity index (χ2v) is 9.93. The van der Waals surface area contributed by atoms with E-state index in [0.717, 1.165) is 33.4 Å². The summed E-state index contributed by atoms with van der Waals surface area (Å²) in [4.78, 5) is 9.41. The Morgan fingerprint density at radius 3 is 2.31 bits per heavy atom. The van der Waals surface area contributed by atoms with Crippen LogP contribution in [0.1, 0.15) is 0 Å². The zero-order chi connectivity index (χ0) is 25.8. The van der Waals surface area contributed by atoms with Gasteiger partial charge in [0, 0.05) is 34.9 Å². The van der Waals surface area contributed by atoms with Crippen molar-refractivity contribution in [2.24, 2.45) is 0 Å². The molecule has 39 heavy (non-hydrogen) atoms. The standard InChI is InChI=1S/C36H23N3/c1-2-9-28-24(7-1)14-16-31-29(11-5-12-30(28)31)25-15-17-35-26(21-25)18-20-39(35)36-22-33(27-8-6-19-37-23-27)32-10-3-4-13-34(32)38-36/h1-23H. The van der Waals surface area contributed by atoms with Crippen LogP contribution in [0.4, 0.5) is 0 Å². The number of nitrogens with zero attached hydrogens (tertiary/aromatic N) is 3. The molecule has 0 aliphatic heterocycles. The van der Waals surface area contributed by atoms with Crippen molar-refractivity contribution in [1.29, 1.82) is 0 Å².